The van der Waals surface area contributed by atoms with Gasteiger partial charge in [0, 0.05) is 95.7 Å². The average molecular weight is 1350 g/mol. The van der Waals surface area contributed by atoms with E-state index in [4.69, 9.17) is 48.4 Å². The molecule has 3 saturated heterocycles. The van der Waals surface area contributed by atoms with Crippen LogP contribution in [0.2, 0.25) is 0 Å². The van der Waals surface area contributed by atoms with Crippen LogP contribution in [-0.4, -0.2) is 296 Å². The topological polar surface area (TPSA) is 404 Å². The molecular weight excluding hydrogens is 1260 g/mol. The van der Waals surface area contributed by atoms with Gasteiger partial charge in [0.15, 0.2) is 0 Å². The summed E-state index contributed by atoms with van der Waals surface area (Å²) in [7, 11) is 0. The van der Waals surface area contributed by atoms with E-state index in [0.717, 1.165) is 33.4 Å². The van der Waals surface area contributed by atoms with Crippen LogP contribution in [0, 0.1) is 0 Å². The van der Waals surface area contributed by atoms with Gasteiger partial charge in [-0.1, -0.05) is 12.1 Å². The smallest absolute Gasteiger partial charge is 0.324 e. The average Bonchev–Trinajstić information content (AvgIpc) is 1.89. The number of nitrogens with two attached hydrogens (primary N) is 1. The molecule has 0 radical (unpaired) electrons. The summed E-state index contributed by atoms with van der Waals surface area (Å²) < 4.78 is 48.0. The molecule has 4 rings (SSSR count). The predicted molar refractivity (Wildman–Crippen MR) is 335 cm³/mol. The first kappa shape index (κ1) is 78.6. The number of nitrogens with zero attached hydrogens (tertiary/aromatic N) is 5. The second-order valence-electron chi connectivity index (χ2n) is 20.4. The summed E-state index contributed by atoms with van der Waals surface area (Å²) in [4.78, 5) is 170. The molecule has 3 aliphatic rings. The number of imide groups is 4. The molecule has 34 heteroatoms. The molecule has 3 fully saturated rings. The number of thioether (sulfide) groups is 2. The van der Waals surface area contributed by atoms with Gasteiger partial charge in [0.1, 0.15) is 38.9 Å². The Labute approximate surface area is 548 Å². The zero-order chi connectivity index (χ0) is 67.3. The number of carbonyl (C=O) groups excluding carboxylic acids is 13. The molecule has 12 amide bonds. The van der Waals surface area contributed by atoms with Crippen LogP contribution in [0.1, 0.15) is 56.9 Å². The Hall–Kier alpha value is -6.86. The largest absolute Gasteiger partial charge is 0.387 e. The van der Waals surface area contributed by atoms with Crippen LogP contribution in [0.15, 0.2) is 29.3 Å². The standard InChI is InChI=1S/C59H88N10O22S2/c60-48(61-14-22-84-26-30-88-35-36-90-32-28-86-24-20-71)3-1-37-92-46-39-54(77)67(57(46)80)17-12-62-50(73)41-69(56(79)43-91-42-51(74)65-45-7-4-44(5-8-45)6-9-52(75)66-16-10-53(66)76)59(82)64-13-18-68-55(78)40-47(58(68)81)93-38-11-49(72)63-15-23-85-27-31-89-34-33-87-29-25-83-21-2-19-70/h4-5,7-8,19-20,46-47H,1-3,6,9-18,21-43H2,(H2,60,61)(H,62,73)(H,63,72)(H,64,82)(H,65,74). The van der Waals surface area contributed by atoms with E-state index in [-0.39, 0.29) is 95.1 Å². The Balaban J connectivity index is 1.16. The molecule has 32 nitrogen and oxygen atoms in total. The van der Waals surface area contributed by atoms with E-state index in [1.54, 1.807) is 24.3 Å². The van der Waals surface area contributed by atoms with E-state index >= 15 is 0 Å². The number of aldehydes is 2. The third-order valence-electron chi connectivity index (χ3n) is 13.5. The molecular formula is C59H88N10O22S2. The highest BCUT2D eigenvalue weighted by atomic mass is 32.2. The molecule has 1 aromatic rings. The Morgan fingerprint density at radius 1 is 0.581 bits per heavy atom. The van der Waals surface area contributed by atoms with Crippen molar-refractivity contribution in [2.24, 2.45) is 10.7 Å². The highest BCUT2D eigenvalue weighted by molar-refractivity contribution is 8.00. The second kappa shape index (κ2) is 47.9. The number of likely N-dealkylation sites (tertiary alicyclic amines) is 3. The second-order valence-corrected chi connectivity index (χ2v) is 23.1. The van der Waals surface area contributed by atoms with Crippen molar-refractivity contribution in [3.63, 3.8) is 0 Å². The third-order valence-corrected chi connectivity index (χ3v) is 16.0. The fraction of sp³-hybridized carbons (Fsp3) is 0.661. The van der Waals surface area contributed by atoms with Gasteiger partial charge in [-0.05, 0) is 36.3 Å². The molecule has 3 heterocycles. The van der Waals surface area contributed by atoms with Crippen molar-refractivity contribution in [3.8, 4) is 0 Å². The molecule has 0 spiro atoms. The summed E-state index contributed by atoms with van der Waals surface area (Å²) in [5.41, 5.74) is 7.21. The number of amidine groups is 1. The van der Waals surface area contributed by atoms with Gasteiger partial charge in [-0.3, -0.25) is 72.5 Å². The lowest BCUT2D eigenvalue weighted by atomic mass is 10.1. The first-order chi connectivity index (χ1) is 45.1. The third kappa shape index (κ3) is 33.2. The fourth-order valence-electron chi connectivity index (χ4n) is 8.55. The van der Waals surface area contributed by atoms with Crippen molar-refractivity contribution in [3.05, 3.63) is 29.8 Å². The number of carbonyl (C=O) groups is 13. The van der Waals surface area contributed by atoms with Gasteiger partial charge < -0.3 is 79.2 Å². The molecule has 1 aromatic carbocycles. The Kier molecular flexibility index (Phi) is 40.5. The number of amides is 12. The van der Waals surface area contributed by atoms with Crippen molar-refractivity contribution >= 4 is 113 Å². The summed E-state index contributed by atoms with van der Waals surface area (Å²) in [5.74, 6) is -4.15. The highest BCUT2D eigenvalue weighted by Crippen LogP contribution is 2.27. The fourth-order valence-corrected chi connectivity index (χ4v) is 10.8. The molecule has 0 saturated carbocycles. The number of benzene rings is 1. The van der Waals surface area contributed by atoms with Gasteiger partial charge in [0.25, 0.3) is 5.91 Å². The van der Waals surface area contributed by atoms with E-state index in [1.165, 1.54) is 16.7 Å². The number of β-lactam (4-membered cyclic amide) rings is 1. The van der Waals surface area contributed by atoms with Gasteiger partial charge in [-0.15, -0.1) is 23.5 Å². The Morgan fingerprint density at radius 3 is 1.70 bits per heavy atom. The van der Waals surface area contributed by atoms with E-state index in [1.807, 2.05) is 0 Å². The maximum Gasteiger partial charge on any atom is 0.324 e. The lowest BCUT2D eigenvalue weighted by Crippen LogP contribution is -2.51. The van der Waals surface area contributed by atoms with Gasteiger partial charge in [-0.25, -0.2) is 4.79 Å². The van der Waals surface area contributed by atoms with Crippen molar-refractivity contribution in [2.45, 2.75) is 68.3 Å². The Bertz CT molecular complexity index is 2590. The molecule has 3 aliphatic heterocycles. The zero-order valence-electron chi connectivity index (χ0n) is 52.4. The van der Waals surface area contributed by atoms with Gasteiger partial charge in [0.2, 0.25) is 53.2 Å². The van der Waals surface area contributed by atoms with Crippen LogP contribution >= 0.6 is 23.5 Å². The normalized spacial score (nSPS) is 15.6. The summed E-state index contributed by atoms with van der Waals surface area (Å²) in [6.07, 6.45) is 3.54. The summed E-state index contributed by atoms with van der Waals surface area (Å²) in [6, 6.07) is 5.47. The zero-order valence-corrected chi connectivity index (χ0v) is 54.0. The molecule has 6 N–H and O–H groups in total. The number of aryl methyl sites for hydroxylation is 1. The number of hydrogen-bond acceptors (Lipinski definition) is 25. The van der Waals surface area contributed by atoms with E-state index in [0.29, 0.717) is 166 Å². The molecule has 93 heavy (non-hydrogen) atoms. The number of anilines is 1. The highest BCUT2D eigenvalue weighted by Gasteiger charge is 2.40. The summed E-state index contributed by atoms with van der Waals surface area (Å²) in [5, 5.41) is 8.85. The van der Waals surface area contributed by atoms with Crippen LogP contribution < -0.4 is 27.0 Å². The van der Waals surface area contributed by atoms with Gasteiger partial charge in [0.05, 0.1) is 122 Å². The molecule has 0 bridgehead atoms. The number of aliphatic imine (C=N–C) groups is 1. The van der Waals surface area contributed by atoms with Gasteiger partial charge in [-0.2, -0.15) is 0 Å². The number of rotatable bonds is 54. The number of nitrogens with one attached hydrogen (secondary N) is 4. The van der Waals surface area contributed by atoms with E-state index in [2.05, 4.69) is 26.3 Å². The van der Waals surface area contributed by atoms with Crippen LogP contribution in [-0.2, 0) is 107 Å². The van der Waals surface area contributed by atoms with Crippen LogP contribution in [0.5, 0.6) is 0 Å². The van der Waals surface area contributed by atoms with Crippen LogP contribution in [0.25, 0.3) is 0 Å². The summed E-state index contributed by atoms with van der Waals surface area (Å²) >= 11 is 2.43. The molecule has 0 aromatic heterocycles. The number of hydrogen-bond donors (Lipinski definition) is 5. The lowest BCUT2D eigenvalue weighted by Gasteiger charge is -2.28. The van der Waals surface area contributed by atoms with E-state index in [9.17, 15) is 62.3 Å². The molecule has 2 unspecified atom stereocenters. The van der Waals surface area contributed by atoms with E-state index < -0.39 is 77.6 Å². The van der Waals surface area contributed by atoms with Crippen molar-refractivity contribution in [2.75, 3.05) is 188 Å². The van der Waals surface area contributed by atoms with Gasteiger partial charge >= 0.3 is 6.03 Å². The first-order valence-electron chi connectivity index (χ1n) is 30.7. The Morgan fingerprint density at radius 2 is 1.13 bits per heavy atom. The maximum absolute atomic E-state index is 13.6. The van der Waals surface area contributed by atoms with Crippen molar-refractivity contribution < 1.29 is 105 Å². The minimum absolute atomic E-state index is 0.0346. The van der Waals surface area contributed by atoms with Crippen LogP contribution in [0.4, 0.5) is 10.5 Å². The first-order valence-corrected chi connectivity index (χ1v) is 32.8. The van der Waals surface area contributed by atoms with Crippen LogP contribution in [0.3, 0.4) is 0 Å². The molecule has 2 atom stereocenters. The lowest BCUT2D eigenvalue weighted by molar-refractivity contribution is -0.152. The van der Waals surface area contributed by atoms with Crippen molar-refractivity contribution in [1.29, 1.82) is 0 Å². The molecule has 518 valence electrons. The van der Waals surface area contributed by atoms with Crippen molar-refractivity contribution in [1.82, 2.24) is 35.6 Å². The minimum atomic E-state index is -1.11. The predicted octanol–water partition coefficient (Wildman–Crippen LogP) is -1.73. The number of urea groups is 1. The summed E-state index contributed by atoms with van der Waals surface area (Å²) in [6.45, 7) is 2.83. The SMILES string of the molecule is NC(CCCSC1CC(=O)N(CCNC(=O)CN(C(=O)COCC(=O)Nc2ccc(CCC(=O)N3CCC3=O)cc2)C(=O)NCCN2C(=O)CC(SCCC(=O)NCCOCCOCCOCCOCCC=O)C2=O)C1=O)=NCCOCCOCCOCCOCC=O. The minimum Gasteiger partial charge on any atom is -0.387 e. The maximum atomic E-state index is 13.6. The number of ether oxygens (including phenoxy) is 9. The monoisotopic (exact) mass is 1350 g/mol. The molecule has 0 aliphatic carbocycles. The quantitative estimate of drug-likeness (QED) is 0.0121.